The quantitative estimate of drug-likeness (QED) is 0.353. The molecule has 0 aliphatic carbocycles. The van der Waals surface area contributed by atoms with Crippen molar-refractivity contribution in [3.63, 3.8) is 0 Å². The Balaban J connectivity index is 1.39. The molecule has 0 unspecified atom stereocenters. The third kappa shape index (κ3) is 4.35. The van der Waals surface area contributed by atoms with Gasteiger partial charge < -0.3 is 14.2 Å². The SMILES string of the molecule is CCCn1ccc(S(=O)(=O)N(C)[C@H]2CCN(c3cc4cnn(-c5ccc(F)cc5)c4cc3OC)C2)c1. The van der Waals surface area contributed by atoms with Crippen LogP contribution in [0.4, 0.5) is 10.1 Å². The monoisotopic (exact) mass is 511 g/mol. The molecule has 1 aliphatic heterocycles. The van der Waals surface area contributed by atoms with Crippen LogP contribution >= 0.6 is 0 Å². The van der Waals surface area contributed by atoms with Crippen molar-refractivity contribution < 1.29 is 17.5 Å². The highest BCUT2D eigenvalue weighted by Gasteiger charge is 2.34. The zero-order valence-corrected chi connectivity index (χ0v) is 21.4. The average Bonchev–Trinajstić information content (AvgIpc) is 3.63. The van der Waals surface area contributed by atoms with Crippen molar-refractivity contribution in [1.29, 1.82) is 0 Å². The first-order valence-corrected chi connectivity index (χ1v) is 13.5. The van der Waals surface area contributed by atoms with Gasteiger partial charge in [0.05, 0.1) is 35.1 Å². The predicted molar refractivity (Wildman–Crippen MR) is 138 cm³/mol. The van der Waals surface area contributed by atoms with Crippen molar-refractivity contribution in [2.24, 2.45) is 0 Å². The highest BCUT2D eigenvalue weighted by Crippen LogP contribution is 2.37. The lowest BCUT2D eigenvalue weighted by Gasteiger charge is -2.25. The topological polar surface area (TPSA) is 72.6 Å². The summed E-state index contributed by atoms with van der Waals surface area (Å²) in [5.74, 6) is 0.373. The number of aromatic nitrogens is 3. The molecule has 4 aromatic rings. The van der Waals surface area contributed by atoms with Crippen molar-refractivity contribution in [2.45, 2.75) is 37.2 Å². The molecule has 0 bridgehead atoms. The standard InChI is InChI=1S/C26H30FN5O3S/c1-4-11-30-12-10-23(18-30)36(33,34)29(2)22-9-13-31(17-22)25-14-19-16-28-32(24(19)15-26(25)35-3)21-7-5-20(27)6-8-21/h5-8,10,12,14-16,18,22H,4,9,11,13,17H2,1-3H3/t22-/m0/s1. The van der Waals surface area contributed by atoms with Crippen LogP contribution in [0.25, 0.3) is 16.6 Å². The number of hydrogen-bond donors (Lipinski definition) is 0. The number of methoxy groups -OCH3 is 1. The van der Waals surface area contributed by atoms with Gasteiger partial charge in [0.1, 0.15) is 11.6 Å². The first kappa shape index (κ1) is 24.3. The van der Waals surface area contributed by atoms with Crippen LogP contribution in [0.1, 0.15) is 19.8 Å². The summed E-state index contributed by atoms with van der Waals surface area (Å²) in [5, 5.41) is 5.41. The molecule has 5 rings (SSSR count). The van der Waals surface area contributed by atoms with Crippen LogP contribution in [-0.4, -0.2) is 60.4 Å². The third-order valence-electron chi connectivity index (χ3n) is 6.84. The molecule has 0 amide bonds. The zero-order valence-electron chi connectivity index (χ0n) is 20.6. The molecular weight excluding hydrogens is 481 g/mol. The maximum atomic E-state index is 13.4. The Morgan fingerprint density at radius 2 is 1.97 bits per heavy atom. The van der Waals surface area contributed by atoms with Crippen LogP contribution in [0, 0.1) is 5.82 Å². The Hall–Kier alpha value is -3.37. The van der Waals surface area contributed by atoms with Crippen LogP contribution in [0.5, 0.6) is 5.75 Å². The number of ether oxygens (including phenoxy) is 1. The fourth-order valence-electron chi connectivity index (χ4n) is 4.83. The van der Waals surface area contributed by atoms with Gasteiger partial charge in [0.15, 0.2) is 0 Å². The zero-order chi connectivity index (χ0) is 25.4. The van der Waals surface area contributed by atoms with Gasteiger partial charge in [-0.25, -0.2) is 17.5 Å². The fourth-order valence-corrected chi connectivity index (χ4v) is 6.23. The molecule has 8 nitrogen and oxygen atoms in total. The minimum atomic E-state index is -3.59. The molecule has 3 heterocycles. The molecule has 2 aromatic heterocycles. The third-order valence-corrected chi connectivity index (χ3v) is 8.73. The van der Waals surface area contributed by atoms with Gasteiger partial charge in [0.2, 0.25) is 10.0 Å². The number of fused-ring (bicyclic) bond motifs is 1. The van der Waals surface area contributed by atoms with Crippen molar-refractivity contribution >= 4 is 26.6 Å². The predicted octanol–water partition coefficient (Wildman–Crippen LogP) is 4.28. The summed E-state index contributed by atoms with van der Waals surface area (Å²) in [6.45, 7) is 4.11. The van der Waals surface area contributed by atoms with Crippen molar-refractivity contribution in [3.05, 3.63) is 66.9 Å². The van der Waals surface area contributed by atoms with E-state index in [1.54, 1.807) is 49.4 Å². The largest absolute Gasteiger partial charge is 0.495 e. The first-order chi connectivity index (χ1) is 17.3. The summed E-state index contributed by atoms with van der Waals surface area (Å²) in [4.78, 5) is 2.48. The minimum Gasteiger partial charge on any atom is -0.495 e. The van der Waals surface area contributed by atoms with Crippen LogP contribution in [-0.2, 0) is 16.6 Å². The summed E-state index contributed by atoms with van der Waals surface area (Å²) >= 11 is 0. The van der Waals surface area contributed by atoms with Crippen LogP contribution in [0.2, 0.25) is 0 Å². The number of halogens is 1. The first-order valence-electron chi connectivity index (χ1n) is 12.0. The summed E-state index contributed by atoms with van der Waals surface area (Å²) in [7, 11) is -0.312. The highest BCUT2D eigenvalue weighted by molar-refractivity contribution is 7.89. The van der Waals surface area contributed by atoms with Crippen molar-refractivity contribution in [2.75, 3.05) is 32.1 Å². The second-order valence-electron chi connectivity index (χ2n) is 9.11. The lowest BCUT2D eigenvalue weighted by molar-refractivity contribution is 0.389. The Labute approximate surface area is 210 Å². The summed E-state index contributed by atoms with van der Waals surface area (Å²) in [6, 6.07) is 11.6. The van der Waals surface area contributed by atoms with Crippen molar-refractivity contribution in [1.82, 2.24) is 18.7 Å². The number of anilines is 1. The van der Waals surface area contributed by atoms with Gasteiger partial charge >= 0.3 is 0 Å². The van der Waals surface area contributed by atoms with Crippen LogP contribution < -0.4 is 9.64 Å². The Morgan fingerprint density at radius 3 is 2.69 bits per heavy atom. The van der Waals surface area contributed by atoms with E-state index >= 15 is 0 Å². The molecule has 190 valence electrons. The molecule has 0 N–H and O–H groups in total. The van der Waals surface area contributed by atoms with E-state index in [9.17, 15) is 12.8 Å². The van der Waals surface area contributed by atoms with Crippen LogP contribution in [0.15, 0.2) is 66.0 Å². The van der Waals surface area contributed by atoms with Crippen molar-refractivity contribution in [3.8, 4) is 11.4 Å². The summed E-state index contributed by atoms with van der Waals surface area (Å²) < 4.78 is 50.8. The van der Waals surface area contributed by atoms with E-state index in [1.165, 1.54) is 16.4 Å². The number of benzene rings is 2. The lowest BCUT2D eigenvalue weighted by Crippen LogP contribution is -2.39. The van der Waals surface area contributed by atoms with Gasteiger partial charge in [0, 0.05) is 56.6 Å². The van der Waals surface area contributed by atoms with E-state index in [0.717, 1.165) is 35.2 Å². The molecule has 1 saturated heterocycles. The van der Waals surface area contributed by atoms with E-state index < -0.39 is 10.0 Å². The van der Waals surface area contributed by atoms with Crippen LogP contribution in [0.3, 0.4) is 0 Å². The molecule has 0 saturated carbocycles. The maximum Gasteiger partial charge on any atom is 0.244 e. The number of aryl methyl sites for hydroxylation is 1. The van der Waals surface area contributed by atoms with Gasteiger partial charge in [0.25, 0.3) is 0 Å². The number of likely N-dealkylation sites (N-methyl/N-ethyl adjacent to an activating group) is 1. The normalized spacial score (nSPS) is 16.4. The minimum absolute atomic E-state index is 0.160. The Morgan fingerprint density at radius 1 is 1.19 bits per heavy atom. The highest BCUT2D eigenvalue weighted by atomic mass is 32.2. The molecule has 0 radical (unpaired) electrons. The van der Waals surface area contributed by atoms with Gasteiger partial charge in [-0.05, 0) is 49.2 Å². The van der Waals surface area contributed by atoms with Gasteiger partial charge in [-0.15, -0.1) is 0 Å². The second-order valence-corrected chi connectivity index (χ2v) is 11.1. The van der Waals surface area contributed by atoms with Gasteiger partial charge in [-0.3, -0.25) is 0 Å². The smallest absolute Gasteiger partial charge is 0.244 e. The fraction of sp³-hybridized carbons (Fsp3) is 0.346. The van der Waals surface area contributed by atoms with E-state index in [4.69, 9.17) is 4.74 Å². The van der Waals surface area contributed by atoms with E-state index in [-0.39, 0.29) is 11.9 Å². The Bertz CT molecular complexity index is 1480. The molecule has 36 heavy (non-hydrogen) atoms. The van der Waals surface area contributed by atoms with E-state index in [1.807, 2.05) is 22.9 Å². The molecule has 1 aliphatic rings. The van der Waals surface area contributed by atoms with Gasteiger partial charge in [-0.2, -0.15) is 9.40 Å². The lowest BCUT2D eigenvalue weighted by atomic mass is 10.2. The number of rotatable bonds is 8. The Kier molecular flexibility index (Phi) is 6.48. The number of sulfonamides is 1. The number of nitrogens with zero attached hydrogens (tertiary/aromatic N) is 5. The molecule has 1 fully saturated rings. The number of hydrogen-bond acceptors (Lipinski definition) is 5. The molecule has 10 heteroatoms. The average molecular weight is 512 g/mol. The second kappa shape index (κ2) is 9.59. The molecular formula is C26H30FN5O3S. The molecule has 2 aromatic carbocycles. The molecule has 1 atom stereocenters. The van der Waals surface area contributed by atoms with Gasteiger partial charge in [-0.1, -0.05) is 6.92 Å². The summed E-state index contributed by atoms with van der Waals surface area (Å²) in [5.41, 5.74) is 2.49. The molecule has 0 spiro atoms. The summed E-state index contributed by atoms with van der Waals surface area (Å²) in [6.07, 6.45) is 6.94. The van der Waals surface area contributed by atoms with E-state index in [0.29, 0.717) is 30.2 Å². The van der Waals surface area contributed by atoms with E-state index in [2.05, 4.69) is 16.9 Å². The maximum absolute atomic E-state index is 13.4.